The molecule has 1 nitrogen and oxygen atoms in total. The van der Waals surface area contributed by atoms with Gasteiger partial charge in [-0.2, -0.15) is 0 Å². The molecule has 1 unspecified atom stereocenters. The van der Waals surface area contributed by atoms with Crippen molar-refractivity contribution < 1.29 is 0 Å². The highest BCUT2D eigenvalue weighted by Gasteiger charge is 2.10. The Labute approximate surface area is 105 Å². The van der Waals surface area contributed by atoms with Crippen LogP contribution in [0.25, 0.3) is 0 Å². The van der Waals surface area contributed by atoms with E-state index >= 15 is 0 Å². The average Bonchev–Trinajstić information content (AvgIpc) is 2.19. The van der Waals surface area contributed by atoms with Gasteiger partial charge in [-0.15, -0.1) is 11.8 Å². The van der Waals surface area contributed by atoms with E-state index < -0.39 is 0 Å². The summed E-state index contributed by atoms with van der Waals surface area (Å²) in [7, 11) is 2.00. The Balaban J connectivity index is 3.02. The van der Waals surface area contributed by atoms with Crippen LogP contribution >= 0.6 is 27.7 Å². The van der Waals surface area contributed by atoms with Crippen LogP contribution in [0.4, 0.5) is 0 Å². The molecule has 0 bridgehead atoms. The quantitative estimate of drug-likeness (QED) is 0.832. The highest BCUT2D eigenvalue weighted by Crippen LogP contribution is 2.32. The van der Waals surface area contributed by atoms with Gasteiger partial charge in [-0.05, 0) is 37.7 Å². The summed E-state index contributed by atoms with van der Waals surface area (Å²) in [6.07, 6.45) is 0. The fourth-order valence-corrected chi connectivity index (χ4v) is 2.78. The van der Waals surface area contributed by atoms with Gasteiger partial charge in [-0.25, -0.2) is 0 Å². The minimum atomic E-state index is 0.392. The second-order valence-electron chi connectivity index (χ2n) is 3.86. The van der Waals surface area contributed by atoms with Gasteiger partial charge in [-0.3, -0.25) is 0 Å². The molecule has 1 N–H and O–H groups in total. The molecule has 0 saturated heterocycles. The third-order valence-corrected chi connectivity index (χ3v) is 3.82. The van der Waals surface area contributed by atoms with Crippen molar-refractivity contribution in [3.05, 3.63) is 28.2 Å². The van der Waals surface area contributed by atoms with E-state index in [9.17, 15) is 0 Å². The molecule has 0 spiro atoms. The molecule has 3 heteroatoms. The molecule has 84 valence electrons. The Hall–Kier alpha value is 0.01000. The van der Waals surface area contributed by atoms with Crippen molar-refractivity contribution in [1.82, 2.24) is 5.32 Å². The van der Waals surface area contributed by atoms with Gasteiger partial charge in [0.15, 0.2) is 0 Å². The molecule has 15 heavy (non-hydrogen) atoms. The fraction of sp³-hybridized carbons (Fsp3) is 0.500. The molecule has 0 fully saturated rings. The van der Waals surface area contributed by atoms with E-state index in [1.807, 2.05) is 18.8 Å². The van der Waals surface area contributed by atoms with Crippen LogP contribution in [-0.4, -0.2) is 12.3 Å². The lowest BCUT2D eigenvalue weighted by atomic mass is 10.1. The molecule has 0 aromatic heterocycles. The third-order valence-electron chi connectivity index (χ3n) is 2.23. The maximum atomic E-state index is 3.52. The largest absolute Gasteiger partial charge is 0.313 e. The topological polar surface area (TPSA) is 12.0 Å². The molecule has 1 atom stereocenters. The van der Waals surface area contributed by atoms with Crippen LogP contribution in [0, 0.1) is 0 Å². The van der Waals surface area contributed by atoms with E-state index in [0.29, 0.717) is 11.3 Å². The third kappa shape index (κ3) is 3.82. The molecule has 0 saturated carbocycles. The Kier molecular flexibility index (Phi) is 5.16. The number of rotatable bonds is 4. The van der Waals surface area contributed by atoms with Gasteiger partial charge in [-0.1, -0.05) is 29.8 Å². The standard InChI is InChI=1S/C12H18BrNS/c1-8(2)15-12-6-5-10(13)7-11(12)9(3)14-4/h5-9,14H,1-4H3. The number of benzene rings is 1. The van der Waals surface area contributed by atoms with E-state index in [4.69, 9.17) is 0 Å². The lowest BCUT2D eigenvalue weighted by Crippen LogP contribution is -2.13. The van der Waals surface area contributed by atoms with E-state index in [1.165, 1.54) is 10.5 Å². The summed E-state index contributed by atoms with van der Waals surface area (Å²) in [4.78, 5) is 1.37. The van der Waals surface area contributed by atoms with Gasteiger partial charge in [0.1, 0.15) is 0 Å². The smallest absolute Gasteiger partial charge is 0.0300 e. The van der Waals surface area contributed by atoms with Crippen LogP contribution in [0.3, 0.4) is 0 Å². The van der Waals surface area contributed by atoms with Gasteiger partial charge in [0.25, 0.3) is 0 Å². The zero-order valence-corrected chi connectivity index (χ0v) is 12.1. The first-order valence-electron chi connectivity index (χ1n) is 5.18. The van der Waals surface area contributed by atoms with E-state index in [0.717, 1.165) is 4.47 Å². The Morgan fingerprint density at radius 1 is 1.27 bits per heavy atom. The minimum absolute atomic E-state index is 0.392. The number of thioether (sulfide) groups is 1. The van der Waals surface area contributed by atoms with Crippen LogP contribution in [0.5, 0.6) is 0 Å². The summed E-state index contributed by atoms with van der Waals surface area (Å²) < 4.78 is 1.15. The van der Waals surface area contributed by atoms with E-state index in [1.54, 1.807) is 0 Å². The summed E-state index contributed by atoms with van der Waals surface area (Å²) in [6, 6.07) is 6.89. The maximum Gasteiger partial charge on any atom is 0.0300 e. The van der Waals surface area contributed by atoms with Crippen molar-refractivity contribution in [1.29, 1.82) is 0 Å². The second-order valence-corrected chi connectivity index (χ2v) is 6.39. The molecule has 1 rings (SSSR count). The highest BCUT2D eigenvalue weighted by molar-refractivity contribution is 9.10. The highest BCUT2D eigenvalue weighted by atomic mass is 79.9. The number of nitrogens with one attached hydrogen (secondary N) is 1. The van der Waals surface area contributed by atoms with Gasteiger partial charge < -0.3 is 5.32 Å². The van der Waals surface area contributed by atoms with Crippen LogP contribution in [-0.2, 0) is 0 Å². The zero-order valence-electron chi connectivity index (χ0n) is 9.67. The fourth-order valence-electron chi connectivity index (χ4n) is 1.37. The van der Waals surface area contributed by atoms with Gasteiger partial charge in [0.05, 0.1) is 0 Å². The molecule has 0 heterocycles. The Bertz CT molecular complexity index is 325. The van der Waals surface area contributed by atoms with Crippen molar-refractivity contribution in [3.8, 4) is 0 Å². The summed E-state index contributed by atoms with van der Waals surface area (Å²) >= 11 is 5.44. The lowest BCUT2D eigenvalue weighted by Gasteiger charge is -2.17. The summed E-state index contributed by atoms with van der Waals surface area (Å²) in [6.45, 7) is 6.63. The first-order chi connectivity index (χ1) is 7.04. The Morgan fingerprint density at radius 2 is 1.93 bits per heavy atom. The molecule has 0 aliphatic carbocycles. The van der Waals surface area contributed by atoms with Crippen LogP contribution in [0.15, 0.2) is 27.6 Å². The van der Waals surface area contributed by atoms with Crippen LogP contribution in [0.2, 0.25) is 0 Å². The number of hydrogen-bond donors (Lipinski definition) is 1. The molecular weight excluding hydrogens is 270 g/mol. The van der Waals surface area contributed by atoms with Crippen molar-refractivity contribution in [2.24, 2.45) is 0 Å². The number of halogens is 1. The molecule has 0 amide bonds. The average molecular weight is 288 g/mol. The molecule has 0 aliphatic heterocycles. The first-order valence-corrected chi connectivity index (χ1v) is 6.85. The normalized spacial score (nSPS) is 13.2. The summed E-state index contributed by atoms with van der Waals surface area (Å²) in [5.74, 6) is 0. The monoisotopic (exact) mass is 287 g/mol. The molecule has 1 aromatic rings. The van der Waals surface area contributed by atoms with Crippen LogP contribution in [0.1, 0.15) is 32.4 Å². The lowest BCUT2D eigenvalue weighted by molar-refractivity contribution is 0.641. The van der Waals surface area contributed by atoms with Crippen molar-refractivity contribution >= 4 is 27.7 Å². The molecular formula is C12H18BrNS. The zero-order chi connectivity index (χ0) is 11.4. The van der Waals surface area contributed by atoms with Gasteiger partial charge in [0, 0.05) is 20.7 Å². The van der Waals surface area contributed by atoms with Crippen molar-refractivity contribution in [2.45, 2.75) is 37.0 Å². The Morgan fingerprint density at radius 3 is 2.47 bits per heavy atom. The van der Waals surface area contributed by atoms with Crippen molar-refractivity contribution in [2.75, 3.05) is 7.05 Å². The second kappa shape index (κ2) is 5.92. The first kappa shape index (κ1) is 13.1. The summed E-state index contributed by atoms with van der Waals surface area (Å²) in [5.41, 5.74) is 1.37. The molecule has 0 aliphatic rings. The van der Waals surface area contributed by atoms with Gasteiger partial charge in [0.2, 0.25) is 0 Å². The predicted molar refractivity (Wildman–Crippen MR) is 72.6 cm³/mol. The minimum Gasteiger partial charge on any atom is -0.313 e. The molecule has 1 aromatic carbocycles. The van der Waals surface area contributed by atoms with Gasteiger partial charge >= 0.3 is 0 Å². The van der Waals surface area contributed by atoms with E-state index in [2.05, 4.69) is 60.2 Å². The van der Waals surface area contributed by atoms with E-state index in [-0.39, 0.29) is 0 Å². The number of hydrogen-bond acceptors (Lipinski definition) is 2. The predicted octanol–water partition coefficient (Wildman–Crippen LogP) is 4.23. The molecule has 0 radical (unpaired) electrons. The van der Waals surface area contributed by atoms with Crippen molar-refractivity contribution in [3.63, 3.8) is 0 Å². The van der Waals surface area contributed by atoms with Crippen LogP contribution < -0.4 is 5.32 Å². The maximum absolute atomic E-state index is 3.52. The SMILES string of the molecule is CNC(C)c1cc(Br)ccc1SC(C)C. The summed E-state index contributed by atoms with van der Waals surface area (Å²) in [5, 5.41) is 3.91.